The van der Waals surface area contributed by atoms with Gasteiger partial charge in [0.1, 0.15) is 5.76 Å². The second kappa shape index (κ2) is 4.65. The van der Waals surface area contributed by atoms with Gasteiger partial charge in [-0.15, -0.1) is 0 Å². The third-order valence-corrected chi connectivity index (χ3v) is 2.15. The average molecular weight is 219 g/mol. The van der Waals surface area contributed by atoms with Gasteiger partial charge in [0, 0.05) is 24.6 Å². The molecule has 0 aliphatic heterocycles. The standard InChI is InChI=1S/C11H13N3O2/c1-8-7-10(14-13-8)12-11(15)5-4-9-3-2-6-16-9/h2-3,6-7H,4-5H2,1H3,(H2,12,13,14,15). The molecule has 0 bridgehead atoms. The number of anilines is 1. The van der Waals surface area contributed by atoms with Gasteiger partial charge in [-0.25, -0.2) is 0 Å². The number of furan rings is 1. The van der Waals surface area contributed by atoms with Gasteiger partial charge in [-0.3, -0.25) is 9.89 Å². The second-order valence-electron chi connectivity index (χ2n) is 3.56. The van der Waals surface area contributed by atoms with E-state index in [-0.39, 0.29) is 5.91 Å². The summed E-state index contributed by atoms with van der Waals surface area (Å²) in [6.45, 7) is 1.88. The summed E-state index contributed by atoms with van der Waals surface area (Å²) in [5.74, 6) is 1.30. The van der Waals surface area contributed by atoms with Gasteiger partial charge in [-0.1, -0.05) is 0 Å². The van der Waals surface area contributed by atoms with Crippen molar-refractivity contribution >= 4 is 11.7 Å². The van der Waals surface area contributed by atoms with E-state index in [0.29, 0.717) is 18.7 Å². The maximum Gasteiger partial charge on any atom is 0.226 e. The molecule has 2 aromatic heterocycles. The van der Waals surface area contributed by atoms with Crippen molar-refractivity contribution in [2.75, 3.05) is 5.32 Å². The zero-order chi connectivity index (χ0) is 11.4. The summed E-state index contributed by atoms with van der Waals surface area (Å²) in [4.78, 5) is 11.5. The second-order valence-corrected chi connectivity index (χ2v) is 3.56. The number of nitrogens with one attached hydrogen (secondary N) is 2. The van der Waals surface area contributed by atoms with E-state index >= 15 is 0 Å². The van der Waals surface area contributed by atoms with Crippen LogP contribution in [0.3, 0.4) is 0 Å². The fourth-order valence-corrected chi connectivity index (χ4v) is 1.38. The molecule has 0 spiro atoms. The Bertz CT molecular complexity index is 459. The molecule has 0 aromatic carbocycles. The lowest BCUT2D eigenvalue weighted by atomic mass is 10.2. The van der Waals surface area contributed by atoms with Crippen LogP contribution in [0.15, 0.2) is 28.9 Å². The van der Waals surface area contributed by atoms with Crippen LogP contribution < -0.4 is 5.32 Å². The largest absolute Gasteiger partial charge is 0.469 e. The van der Waals surface area contributed by atoms with Crippen molar-refractivity contribution in [3.63, 3.8) is 0 Å². The summed E-state index contributed by atoms with van der Waals surface area (Å²) in [5.41, 5.74) is 0.918. The van der Waals surface area contributed by atoms with Crippen molar-refractivity contribution in [1.82, 2.24) is 10.2 Å². The van der Waals surface area contributed by atoms with Crippen LogP contribution in [-0.2, 0) is 11.2 Å². The molecule has 0 fully saturated rings. The van der Waals surface area contributed by atoms with Crippen LogP contribution in [0.4, 0.5) is 5.82 Å². The Balaban J connectivity index is 1.81. The van der Waals surface area contributed by atoms with Crippen LogP contribution in [0.2, 0.25) is 0 Å². The Morgan fingerprint density at radius 2 is 2.50 bits per heavy atom. The molecular formula is C11H13N3O2. The number of amides is 1. The van der Waals surface area contributed by atoms with E-state index in [2.05, 4.69) is 15.5 Å². The van der Waals surface area contributed by atoms with Gasteiger partial charge >= 0.3 is 0 Å². The first-order chi connectivity index (χ1) is 7.74. The molecule has 0 radical (unpaired) electrons. The summed E-state index contributed by atoms with van der Waals surface area (Å²) in [6.07, 6.45) is 2.59. The molecular weight excluding hydrogens is 206 g/mol. The number of nitrogens with zero attached hydrogens (tertiary/aromatic N) is 1. The van der Waals surface area contributed by atoms with Crippen LogP contribution in [-0.4, -0.2) is 16.1 Å². The molecule has 2 heterocycles. The lowest BCUT2D eigenvalue weighted by Crippen LogP contribution is -2.12. The maximum absolute atomic E-state index is 11.5. The van der Waals surface area contributed by atoms with Gasteiger partial charge < -0.3 is 9.73 Å². The molecule has 2 rings (SSSR count). The summed E-state index contributed by atoms with van der Waals surface area (Å²) >= 11 is 0. The van der Waals surface area contributed by atoms with Crippen LogP contribution >= 0.6 is 0 Å². The first kappa shape index (κ1) is 10.5. The van der Waals surface area contributed by atoms with Crippen molar-refractivity contribution in [2.45, 2.75) is 19.8 Å². The Hall–Kier alpha value is -2.04. The van der Waals surface area contributed by atoms with E-state index in [1.165, 1.54) is 0 Å². The number of aromatic amines is 1. The smallest absolute Gasteiger partial charge is 0.226 e. The molecule has 0 unspecified atom stereocenters. The predicted molar refractivity (Wildman–Crippen MR) is 59.0 cm³/mol. The predicted octanol–water partition coefficient (Wildman–Crippen LogP) is 1.88. The molecule has 5 nitrogen and oxygen atoms in total. The van der Waals surface area contributed by atoms with Crippen LogP contribution in [0.5, 0.6) is 0 Å². The summed E-state index contributed by atoms with van der Waals surface area (Å²) in [5, 5.41) is 9.38. The van der Waals surface area contributed by atoms with Crippen molar-refractivity contribution in [1.29, 1.82) is 0 Å². The van der Waals surface area contributed by atoms with Gasteiger partial charge in [-0.2, -0.15) is 5.10 Å². The first-order valence-electron chi connectivity index (χ1n) is 5.08. The third-order valence-electron chi connectivity index (χ3n) is 2.15. The molecule has 16 heavy (non-hydrogen) atoms. The monoisotopic (exact) mass is 219 g/mol. The fraction of sp³-hybridized carbons (Fsp3) is 0.273. The molecule has 5 heteroatoms. The molecule has 1 amide bonds. The average Bonchev–Trinajstić information content (AvgIpc) is 2.87. The molecule has 0 aliphatic carbocycles. The Labute approximate surface area is 92.9 Å². The van der Waals surface area contributed by atoms with Crippen LogP contribution in [0.1, 0.15) is 17.9 Å². The van der Waals surface area contributed by atoms with Crippen LogP contribution in [0, 0.1) is 6.92 Å². The van der Waals surface area contributed by atoms with E-state index in [1.807, 2.05) is 19.1 Å². The lowest BCUT2D eigenvalue weighted by Gasteiger charge is -1.99. The van der Waals surface area contributed by atoms with Gasteiger partial charge in [0.05, 0.1) is 6.26 Å². The number of H-pyrrole nitrogens is 1. The number of hydrogen-bond acceptors (Lipinski definition) is 3. The molecule has 0 aliphatic rings. The first-order valence-corrected chi connectivity index (χ1v) is 5.08. The number of aromatic nitrogens is 2. The van der Waals surface area contributed by atoms with Crippen molar-refractivity contribution < 1.29 is 9.21 Å². The van der Waals surface area contributed by atoms with E-state index < -0.39 is 0 Å². The van der Waals surface area contributed by atoms with E-state index in [4.69, 9.17) is 4.42 Å². The minimum Gasteiger partial charge on any atom is -0.469 e. The van der Waals surface area contributed by atoms with Crippen LogP contribution in [0.25, 0.3) is 0 Å². The zero-order valence-electron chi connectivity index (χ0n) is 8.99. The molecule has 2 N–H and O–H groups in total. The molecule has 0 atom stereocenters. The van der Waals surface area contributed by atoms with E-state index in [0.717, 1.165) is 11.5 Å². The third kappa shape index (κ3) is 2.73. The van der Waals surface area contributed by atoms with Gasteiger partial charge in [0.15, 0.2) is 5.82 Å². The van der Waals surface area contributed by atoms with Crippen molar-refractivity contribution in [2.24, 2.45) is 0 Å². The number of hydrogen-bond donors (Lipinski definition) is 2. The highest BCUT2D eigenvalue weighted by Gasteiger charge is 2.06. The summed E-state index contributed by atoms with van der Waals surface area (Å²) < 4.78 is 5.14. The number of carbonyl (C=O) groups excluding carboxylic acids is 1. The lowest BCUT2D eigenvalue weighted by molar-refractivity contribution is -0.116. The summed E-state index contributed by atoms with van der Waals surface area (Å²) in [6, 6.07) is 5.45. The molecule has 0 saturated carbocycles. The molecule has 0 saturated heterocycles. The van der Waals surface area contributed by atoms with E-state index in [1.54, 1.807) is 12.3 Å². The summed E-state index contributed by atoms with van der Waals surface area (Å²) in [7, 11) is 0. The Morgan fingerprint density at radius 1 is 1.62 bits per heavy atom. The quantitative estimate of drug-likeness (QED) is 0.824. The van der Waals surface area contributed by atoms with Crippen molar-refractivity contribution in [3.05, 3.63) is 35.9 Å². The SMILES string of the molecule is Cc1cc(NC(=O)CCc2ccco2)n[nH]1. The highest BCUT2D eigenvalue weighted by molar-refractivity contribution is 5.89. The highest BCUT2D eigenvalue weighted by atomic mass is 16.3. The number of carbonyl (C=O) groups is 1. The minimum absolute atomic E-state index is 0.0668. The Morgan fingerprint density at radius 3 is 3.12 bits per heavy atom. The van der Waals surface area contributed by atoms with E-state index in [9.17, 15) is 4.79 Å². The number of rotatable bonds is 4. The molecule has 2 aromatic rings. The fourth-order valence-electron chi connectivity index (χ4n) is 1.38. The molecule has 84 valence electrons. The maximum atomic E-state index is 11.5. The highest BCUT2D eigenvalue weighted by Crippen LogP contribution is 2.07. The van der Waals surface area contributed by atoms with Gasteiger partial charge in [-0.05, 0) is 19.1 Å². The van der Waals surface area contributed by atoms with Gasteiger partial charge in [0.25, 0.3) is 0 Å². The van der Waals surface area contributed by atoms with Gasteiger partial charge in [0.2, 0.25) is 5.91 Å². The topological polar surface area (TPSA) is 70.9 Å². The number of aryl methyl sites for hydroxylation is 2. The normalized spacial score (nSPS) is 10.3. The minimum atomic E-state index is -0.0668. The van der Waals surface area contributed by atoms with Crippen molar-refractivity contribution in [3.8, 4) is 0 Å². The Kier molecular flexibility index (Phi) is 3.05. The zero-order valence-corrected chi connectivity index (χ0v) is 8.99.